The van der Waals surface area contributed by atoms with E-state index in [9.17, 15) is 9.90 Å². The van der Waals surface area contributed by atoms with Crippen molar-refractivity contribution in [3.05, 3.63) is 21.0 Å². The number of aliphatic hydroxyl groups excluding tert-OH is 1. The first-order valence-electron chi connectivity index (χ1n) is 6.62. The lowest BCUT2D eigenvalue weighted by atomic mass is 9.77. The van der Waals surface area contributed by atoms with Gasteiger partial charge in [0, 0.05) is 6.54 Å². The Morgan fingerprint density at radius 2 is 2.26 bits per heavy atom. The van der Waals surface area contributed by atoms with E-state index in [0.29, 0.717) is 22.6 Å². The number of hydrogen-bond acceptors (Lipinski definition) is 4. The van der Waals surface area contributed by atoms with Gasteiger partial charge in [-0.2, -0.15) is 5.10 Å². The van der Waals surface area contributed by atoms with Crippen molar-refractivity contribution >= 4 is 21.6 Å². The van der Waals surface area contributed by atoms with Gasteiger partial charge in [-0.3, -0.25) is 4.79 Å². The molecule has 0 aliphatic heterocycles. The second-order valence-corrected chi connectivity index (χ2v) is 6.46. The molecule has 0 spiro atoms. The fourth-order valence-electron chi connectivity index (χ4n) is 2.24. The molecule has 1 aliphatic carbocycles. The lowest BCUT2D eigenvalue weighted by Gasteiger charge is -2.41. The van der Waals surface area contributed by atoms with Crippen LogP contribution in [0.5, 0.6) is 0 Å². The number of rotatable bonds is 5. The molecule has 0 unspecified atom stereocenters. The van der Waals surface area contributed by atoms with Crippen LogP contribution in [0.2, 0.25) is 0 Å². The third-order valence-corrected chi connectivity index (χ3v) is 4.30. The number of halogens is 1. The van der Waals surface area contributed by atoms with Crippen molar-refractivity contribution in [2.45, 2.75) is 45.2 Å². The quantitative estimate of drug-likeness (QED) is 0.866. The van der Waals surface area contributed by atoms with Crippen molar-refractivity contribution in [1.29, 1.82) is 0 Å². The zero-order valence-corrected chi connectivity index (χ0v) is 12.9. The number of nitrogens with zero attached hydrogens (tertiary/aromatic N) is 2. The van der Waals surface area contributed by atoms with Crippen LogP contribution in [-0.2, 0) is 6.54 Å². The summed E-state index contributed by atoms with van der Waals surface area (Å²) in [5, 5.41) is 16.9. The molecule has 0 aromatic carbocycles. The highest BCUT2D eigenvalue weighted by molar-refractivity contribution is 9.10. The Morgan fingerprint density at radius 3 is 2.74 bits per heavy atom. The van der Waals surface area contributed by atoms with Crippen molar-refractivity contribution in [2.75, 3.05) is 11.9 Å². The molecule has 6 heteroatoms. The van der Waals surface area contributed by atoms with Crippen LogP contribution in [0.3, 0.4) is 0 Å². The molecule has 1 aromatic heterocycles. The third kappa shape index (κ3) is 3.00. The van der Waals surface area contributed by atoms with Gasteiger partial charge < -0.3 is 10.4 Å². The van der Waals surface area contributed by atoms with Gasteiger partial charge in [-0.15, -0.1) is 0 Å². The molecule has 1 heterocycles. The van der Waals surface area contributed by atoms with Crippen LogP contribution in [0.25, 0.3) is 0 Å². The second kappa shape index (κ2) is 5.63. The monoisotopic (exact) mass is 329 g/mol. The lowest BCUT2D eigenvalue weighted by molar-refractivity contribution is 0.144. The van der Waals surface area contributed by atoms with E-state index in [1.165, 1.54) is 4.68 Å². The molecule has 2 N–H and O–H groups in total. The molecule has 1 aliphatic rings. The van der Waals surface area contributed by atoms with E-state index in [-0.39, 0.29) is 17.7 Å². The Hall–Kier alpha value is -0.880. The zero-order chi connectivity index (χ0) is 14.0. The Balaban J connectivity index is 2.23. The summed E-state index contributed by atoms with van der Waals surface area (Å²) in [7, 11) is 0. The first kappa shape index (κ1) is 14.5. The summed E-state index contributed by atoms with van der Waals surface area (Å²) >= 11 is 3.34. The minimum absolute atomic E-state index is 0.0779. The number of aromatic nitrogens is 2. The van der Waals surface area contributed by atoms with Gasteiger partial charge in [-0.25, -0.2) is 4.68 Å². The minimum Gasteiger partial charge on any atom is -0.394 e. The van der Waals surface area contributed by atoms with Crippen molar-refractivity contribution in [2.24, 2.45) is 5.92 Å². The summed E-state index contributed by atoms with van der Waals surface area (Å²) in [6.45, 7) is 4.77. The highest BCUT2D eigenvalue weighted by Crippen LogP contribution is 2.35. The number of aliphatic hydroxyl groups is 1. The van der Waals surface area contributed by atoms with E-state index in [4.69, 9.17) is 0 Å². The largest absolute Gasteiger partial charge is 0.394 e. The molecule has 1 saturated carbocycles. The van der Waals surface area contributed by atoms with Crippen molar-refractivity contribution < 1.29 is 5.11 Å². The van der Waals surface area contributed by atoms with Gasteiger partial charge >= 0.3 is 0 Å². The molecule has 1 aromatic rings. The number of nitrogens with one attached hydrogen (secondary N) is 1. The Labute approximate surface area is 121 Å². The molecule has 1 fully saturated rings. The minimum atomic E-state index is -0.277. The van der Waals surface area contributed by atoms with E-state index >= 15 is 0 Å². The second-order valence-electron chi connectivity index (χ2n) is 5.67. The topological polar surface area (TPSA) is 67.2 Å². The molecule has 0 atom stereocenters. The standard InChI is InChI=1S/C13H20BrN3O2/c1-9(2)7-17-12(19)11(14)10(6-15-17)16-13(8-18)4-3-5-13/h6,9,16,18H,3-5,7-8H2,1-2H3. The molecule has 19 heavy (non-hydrogen) atoms. The first-order chi connectivity index (χ1) is 8.97. The molecule has 106 valence electrons. The normalized spacial score (nSPS) is 17.3. The maximum atomic E-state index is 12.2. The highest BCUT2D eigenvalue weighted by atomic mass is 79.9. The van der Waals surface area contributed by atoms with Gasteiger partial charge in [0.1, 0.15) is 4.47 Å². The molecular formula is C13H20BrN3O2. The van der Waals surface area contributed by atoms with Gasteiger partial charge in [-0.05, 0) is 41.1 Å². The predicted molar refractivity (Wildman–Crippen MR) is 78.3 cm³/mol. The van der Waals surface area contributed by atoms with E-state index in [2.05, 4.69) is 26.3 Å². The maximum absolute atomic E-state index is 12.2. The van der Waals surface area contributed by atoms with Gasteiger partial charge in [-0.1, -0.05) is 13.8 Å². The molecule has 2 rings (SSSR count). The summed E-state index contributed by atoms with van der Waals surface area (Å²) in [4.78, 5) is 12.2. The van der Waals surface area contributed by atoms with Crippen LogP contribution in [-0.4, -0.2) is 27.0 Å². The lowest BCUT2D eigenvalue weighted by Crippen LogP contribution is -2.48. The van der Waals surface area contributed by atoms with Crippen molar-refractivity contribution in [1.82, 2.24) is 9.78 Å². The summed E-state index contributed by atoms with van der Waals surface area (Å²) in [5.74, 6) is 0.367. The van der Waals surface area contributed by atoms with E-state index < -0.39 is 0 Å². The van der Waals surface area contributed by atoms with Crippen molar-refractivity contribution in [3.63, 3.8) is 0 Å². The Morgan fingerprint density at radius 1 is 1.58 bits per heavy atom. The van der Waals surface area contributed by atoms with Gasteiger partial charge in [0.25, 0.3) is 5.56 Å². The molecule has 0 saturated heterocycles. The van der Waals surface area contributed by atoms with E-state index in [1.54, 1.807) is 6.20 Å². The average Bonchev–Trinajstić information content (AvgIpc) is 2.32. The van der Waals surface area contributed by atoms with Crippen LogP contribution >= 0.6 is 15.9 Å². The maximum Gasteiger partial charge on any atom is 0.283 e. The molecule has 0 amide bonds. The fourth-order valence-corrected chi connectivity index (χ4v) is 2.65. The summed E-state index contributed by atoms with van der Waals surface area (Å²) in [6.07, 6.45) is 4.60. The fraction of sp³-hybridized carbons (Fsp3) is 0.692. The highest BCUT2D eigenvalue weighted by Gasteiger charge is 2.36. The Kier molecular flexibility index (Phi) is 4.30. The van der Waals surface area contributed by atoms with E-state index in [1.807, 2.05) is 13.8 Å². The van der Waals surface area contributed by atoms with E-state index in [0.717, 1.165) is 19.3 Å². The van der Waals surface area contributed by atoms with Crippen LogP contribution in [0, 0.1) is 5.92 Å². The van der Waals surface area contributed by atoms with Gasteiger partial charge in [0.2, 0.25) is 0 Å². The Bertz CT molecular complexity index is 504. The first-order valence-corrected chi connectivity index (χ1v) is 7.41. The van der Waals surface area contributed by atoms with Gasteiger partial charge in [0.15, 0.2) is 0 Å². The van der Waals surface area contributed by atoms with Crippen LogP contribution in [0.4, 0.5) is 5.69 Å². The molecule has 0 bridgehead atoms. The smallest absolute Gasteiger partial charge is 0.283 e. The van der Waals surface area contributed by atoms with Crippen molar-refractivity contribution in [3.8, 4) is 0 Å². The number of hydrogen-bond donors (Lipinski definition) is 2. The van der Waals surface area contributed by atoms with Gasteiger partial charge in [0.05, 0.1) is 24.0 Å². The summed E-state index contributed by atoms with van der Waals surface area (Å²) in [5.41, 5.74) is 0.255. The summed E-state index contributed by atoms with van der Waals surface area (Å²) < 4.78 is 1.95. The molecule has 5 nitrogen and oxygen atoms in total. The molecule has 0 radical (unpaired) electrons. The SMILES string of the molecule is CC(C)Cn1ncc(NC2(CO)CCC2)c(Br)c1=O. The predicted octanol–water partition coefficient (Wildman–Crippen LogP) is 1.99. The average molecular weight is 330 g/mol. The summed E-state index contributed by atoms with van der Waals surface area (Å²) in [6, 6.07) is 0. The van der Waals surface area contributed by atoms with Crippen LogP contribution in [0.15, 0.2) is 15.5 Å². The molecular weight excluding hydrogens is 310 g/mol. The zero-order valence-electron chi connectivity index (χ0n) is 11.3. The van der Waals surface area contributed by atoms with Crippen LogP contribution < -0.4 is 10.9 Å². The third-order valence-electron chi connectivity index (χ3n) is 3.54. The van der Waals surface area contributed by atoms with Crippen LogP contribution in [0.1, 0.15) is 33.1 Å². The number of anilines is 1.